The van der Waals surface area contributed by atoms with Crippen molar-refractivity contribution in [3.63, 3.8) is 0 Å². The second-order valence-corrected chi connectivity index (χ2v) is 6.81. The maximum absolute atomic E-state index is 12.3. The van der Waals surface area contributed by atoms with E-state index in [4.69, 9.17) is 9.26 Å². The van der Waals surface area contributed by atoms with E-state index in [1.807, 2.05) is 30.7 Å². The molecule has 9 nitrogen and oxygen atoms in total. The fourth-order valence-corrected chi connectivity index (χ4v) is 2.87. The van der Waals surface area contributed by atoms with Crippen LogP contribution in [0.25, 0.3) is 22.4 Å². The molecule has 0 saturated carbocycles. The molecule has 4 heterocycles. The molecule has 4 rings (SSSR count). The van der Waals surface area contributed by atoms with E-state index in [0.29, 0.717) is 30.1 Å². The van der Waals surface area contributed by atoms with E-state index in [1.54, 1.807) is 24.7 Å². The molecule has 0 spiro atoms. The van der Waals surface area contributed by atoms with Crippen molar-refractivity contribution in [1.82, 2.24) is 29.9 Å². The lowest BCUT2D eigenvalue weighted by atomic mass is 10.2. The van der Waals surface area contributed by atoms with Crippen LogP contribution in [0.1, 0.15) is 42.6 Å². The summed E-state index contributed by atoms with van der Waals surface area (Å²) in [5.74, 6) is 0.564. The summed E-state index contributed by atoms with van der Waals surface area (Å²) in [6.45, 7) is 4.30. The zero-order chi connectivity index (χ0) is 20.2. The summed E-state index contributed by atoms with van der Waals surface area (Å²) in [5, 5.41) is 9.05. The number of carbonyl (C=O) groups is 1. The summed E-state index contributed by atoms with van der Waals surface area (Å²) in [5.41, 5.74) is 1.94. The van der Waals surface area contributed by atoms with Crippen molar-refractivity contribution in [2.24, 2.45) is 0 Å². The van der Waals surface area contributed by atoms with E-state index < -0.39 is 5.97 Å². The van der Waals surface area contributed by atoms with Crippen LogP contribution < -0.4 is 0 Å². The zero-order valence-corrected chi connectivity index (χ0v) is 16.1. The average molecular weight is 392 g/mol. The molecule has 0 atom stereocenters. The van der Waals surface area contributed by atoms with Gasteiger partial charge in [-0.2, -0.15) is 10.1 Å². The number of hydrogen-bond acceptors (Lipinski definition) is 8. The summed E-state index contributed by atoms with van der Waals surface area (Å²) in [4.78, 5) is 25.0. The van der Waals surface area contributed by atoms with Crippen LogP contribution in [-0.4, -0.2) is 42.5 Å². The van der Waals surface area contributed by atoms with Gasteiger partial charge in [0.05, 0.1) is 18.4 Å². The van der Waals surface area contributed by atoms with Gasteiger partial charge < -0.3 is 9.26 Å². The van der Waals surface area contributed by atoms with Crippen molar-refractivity contribution < 1.29 is 14.1 Å². The third-order valence-electron chi connectivity index (χ3n) is 4.31. The third kappa shape index (κ3) is 4.13. The summed E-state index contributed by atoms with van der Waals surface area (Å²) in [6, 6.07) is 5.61. The van der Waals surface area contributed by atoms with E-state index in [9.17, 15) is 4.79 Å². The summed E-state index contributed by atoms with van der Waals surface area (Å²) < 4.78 is 12.4. The molecule has 0 N–H and O–H groups in total. The van der Waals surface area contributed by atoms with Crippen molar-refractivity contribution in [2.75, 3.05) is 6.61 Å². The number of pyridine rings is 2. The quantitative estimate of drug-likeness (QED) is 0.348. The number of nitrogens with zero attached hydrogens (tertiary/aromatic N) is 6. The lowest BCUT2D eigenvalue weighted by molar-refractivity contribution is 0.0498. The van der Waals surface area contributed by atoms with Gasteiger partial charge in [-0.25, -0.2) is 14.5 Å². The Kier molecular flexibility index (Phi) is 5.28. The second-order valence-electron chi connectivity index (χ2n) is 6.81. The van der Waals surface area contributed by atoms with Crippen molar-refractivity contribution in [3.05, 3.63) is 54.4 Å². The van der Waals surface area contributed by atoms with Crippen molar-refractivity contribution in [2.45, 2.75) is 32.7 Å². The van der Waals surface area contributed by atoms with E-state index in [1.165, 1.54) is 6.20 Å². The van der Waals surface area contributed by atoms with Crippen LogP contribution in [0.5, 0.6) is 0 Å². The normalized spacial score (nSPS) is 11.3. The first kappa shape index (κ1) is 18.7. The number of aromatic nitrogens is 6. The number of ether oxygens (including phenoxy) is 1. The fourth-order valence-electron chi connectivity index (χ4n) is 2.87. The smallest absolute Gasteiger partial charge is 0.339 e. The number of carbonyl (C=O) groups excluding carboxylic acids is 1. The molecule has 9 heteroatoms. The minimum atomic E-state index is -0.418. The minimum Gasteiger partial charge on any atom is -0.462 e. The first-order chi connectivity index (χ1) is 14.1. The molecule has 0 unspecified atom stereocenters. The van der Waals surface area contributed by atoms with E-state index in [0.717, 1.165) is 16.6 Å². The highest BCUT2D eigenvalue weighted by molar-refractivity contribution is 5.92. The van der Waals surface area contributed by atoms with Crippen LogP contribution in [0.3, 0.4) is 0 Å². The second kappa shape index (κ2) is 8.17. The van der Waals surface area contributed by atoms with Crippen LogP contribution in [0.4, 0.5) is 0 Å². The van der Waals surface area contributed by atoms with Gasteiger partial charge >= 0.3 is 5.97 Å². The Hall–Kier alpha value is -3.62. The summed E-state index contributed by atoms with van der Waals surface area (Å²) >= 11 is 0. The predicted molar refractivity (Wildman–Crippen MR) is 104 cm³/mol. The van der Waals surface area contributed by atoms with Crippen molar-refractivity contribution >= 4 is 17.0 Å². The molecule has 29 heavy (non-hydrogen) atoms. The highest BCUT2D eigenvalue weighted by atomic mass is 16.5. The first-order valence-corrected chi connectivity index (χ1v) is 9.35. The lowest BCUT2D eigenvalue weighted by Gasteiger charge is -2.07. The van der Waals surface area contributed by atoms with Crippen molar-refractivity contribution in [3.8, 4) is 11.4 Å². The van der Waals surface area contributed by atoms with Gasteiger partial charge in [0.1, 0.15) is 0 Å². The molecular weight excluding hydrogens is 372 g/mol. The summed E-state index contributed by atoms with van der Waals surface area (Å²) in [6.07, 6.45) is 7.66. The number of esters is 1. The monoisotopic (exact) mass is 392 g/mol. The molecule has 4 aromatic heterocycles. The molecule has 0 amide bonds. The van der Waals surface area contributed by atoms with E-state index in [2.05, 4.69) is 25.2 Å². The van der Waals surface area contributed by atoms with Gasteiger partial charge in [-0.15, -0.1) is 0 Å². The maximum Gasteiger partial charge on any atom is 0.339 e. The number of hydrogen-bond donors (Lipinski definition) is 0. The Morgan fingerprint density at radius 3 is 2.97 bits per heavy atom. The highest BCUT2D eigenvalue weighted by Crippen LogP contribution is 2.17. The van der Waals surface area contributed by atoms with Gasteiger partial charge in [-0.1, -0.05) is 5.16 Å². The Morgan fingerprint density at radius 1 is 1.28 bits per heavy atom. The minimum absolute atomic E-state index is 0.196. The molecule has 0 aliphatic carbocycles. The Morgan fingerprint density at radius 2 is 2.17 bits per heavy atom. The van der Waals surface area contributed by atoms with Gasteiger partial charge in [0.15, 0.2) is 5.65 Å². The molecule has 0 radical (unpaired) electrons. The van der Waals surface area contributed by atoms with Gasteiger partial charge in [0.2, 0.25) is 11.7 Å². The van der Waals surface area contributed by atoms with Crippen LogP contribution in [-0.2, 0) is 11.2 Å². The topological polar surface area (TPSA) is 109 Å². The molecule has 0 saturated heterocycles. The van der Waals surface area contributed by atoms with Gasteiger partial charge in [0, 0.05) is 42.0 Å². The SMILES string of the molecule is CC(C)n1ncc2cc(C(=O)OCCCc3nc(-c4cccnc4)no3)cnc21. The van der Waals surface area contributed by atoms with Crippen LogP contribution in [0.2, 0.25) is 0 Å². The van der Waals surface area contributed by atoms with E-state index in [-0.39, 0.29) is 12.6 Å². The Balaban J connectivity index is 1.30. The molecule has 148 valence electrons. The average Bonchev–Trinajstić information content (AvgIpc) is 3.38. The Labute approximate surface area is 166 Å². The third-order valence-corrected chi connectivity index (χ3v) is 4.31. The largest absolute Gasteiger partial charge is 0.462 e. The molecule has 0 aliphatic heterocycles. The Bertz CT molecular complexity index is 1120. The molecule has 4 aromatic rings. The molecular formula is C20H20N6O3. The first-order valence-electron chi connectivity index (χ1n) is 9.35. The van der Waals surface area contributed by atoms with Crippen LogP contribution in [0, 0.1) is 0 Å². The lowest BCUT2D eigenvalue weighted by Crippen LogP contribution is -2.08. The maximum atomic E-state index is 12.3. The molecule has 0 bridgehead atoms. The van der Waals surface area contributed by atoms with Crippen molar-refractivity contribution in [1.29, 1.82) is 0 Å². The fraction of sp³-hybridized carbons (Fsp3) is 0.300. The standard InChI is InChI=1S/C20H20N6O3/c1-13(2)26-19-15(12-23-26)9-16(11-22-19)20(27)28-8-4-6-17-24-18(25-29-17)14-5-3-7-21-10-14/h3,5,7,9-13H,4,6,8H2,1-2H3. The number of fused-ring (bicyclic) bond motifs is 1. The highest BCUT2D eigenvalue weighted by Gasteiger charge is 2.13. The number of rotatable bonds is 7. The van der Waals surface area contributed by atoms with Gasteiger partial charge in [0.25, 0.3) is 0 Å². The molecule has 0 aromatic carbocycles. The number of aryl methyl sites for hydroxylation is 1. The predicted octanol–water partition coefficient (Wildman–Crippen LogP) is 3.25. The van der Waals surface area contributed by atoms with Crippen LogP contribution in [0.15, 0.2) is 47.5 Å². The van der Waals surface area contributed by atoms with Gasteiger partial charge in [-0.05, 0) is 38.5 Å². The van der Waals surface area contributed by atoms with Gasteiger partial charge in [-0.3, -0.25) is 4.98 Å². The molecule has 0 aliphatic rings. The van der Waals surface area contributed by atoms with E-state index >= 15 is 0 Å². The summed E-state index contributed by atoms with van der Waals surface area (Å²) in [7, 11) is 0. The molecule has 0 fully saturated rings. The zero-order valence-electron chi connectivity index (χ0n) is 16.1. The van der Waals surface area contributed by atoms with Crippen LogP contribution >= 0.6 is 0 Å².